The minimum Gasteiger partial charge on any atom is -0.366 e. The quantitative estimate of drug-likeness (QED) is 0.682. The van der Waals surface area contributed by atoms with E-state index in [4.69, 9.17) is 17.3 Å². The van der Waals surface area contributed by atoms with Gasteiger partial charge in [0, 0.05) is 22.3 Å². The van der Waals surface area contributed by atoms with E-state index in [1.165, 1.54) is 0 Å². The molecule has 0 aliphatic carbocycles. The summed E-state index contributed by atoms with van der Waals surface area (Å²) < 4.78 is 0. The van der Waals surface area contributed by atoms with Crippen molar-refractivity contribution in [3.05, 3.63) is 64.7 Å². The van der Waals surface area contributed by atoms with Gasteiger partial charge in [-0.3, -0.25) is 9.59 Å². The molecule has 5 N–H and O–H groups in total. The minimum atomic E-state index is -0.501. The lowest BCUT2D eigenvalue weighted by molar-refractivity contribution is -0.117. The number of nitrogens with one attached hydrogen (secondary N) is 3. The average Bonchev–Trinajstić information content (AvgIpc) is 3.05. The van der Waals surface area contributed by atoms with Crippen molar-refractivity contribution in [2.75, 3.05) is 5.32 Å². The first-order chi connectivity index (χ1) is 11.5. The van der Waals surface area contributed by atoms with Crippen LogP contribution in [0.25, 0.3) is 0 Å². The van der Waals surface area contributed by atoms with Crippen LogP contribution >= 0.6 is 11.6 Å². The molecule has 1 aliphatic rings. The molecule has 1 fully saturated rings. The van der Waals surface area contributed by atoms with Crippen molar-refractivity contribution in [3.63, 3.8) is 0 Å². The molecule has 1 saturated heterocycles. The van der Waals surface area contributed by atoms with Crippen molar-refractivity contribution < 1.29 is 9.59 Å². The van der Waals surface area contributed by atoms with E-state index >= 15 is 0 Å². The molecule has 0 bridgehead atoms. The Kier molecular flexibility index (Phi) is 4.80. The standard InChI is InChI=1S/C17H17ClN4O2/c18-12-3-1-2-11(8-12)14-9-15(22-21-14)17(24)20-13-6-4-10(5-7-13)16(19)23/h1-8,14-15,21-22H,9H2,(H2,19,23)(H,20,24). The number of anilines is 1. The van der Waals surface area contributed by atoms with Crippen molar-refractivity contribution in [2.45, 2.75) is 18.5 Å². The van der Waals surface area contributed by atoms with Gasteiger partial charge in [0.1, 0.15) is 6.04 Å². The Morgan fingerprint density at radius 3 is 2.54 bits per heavy atom. The van der Waals surface area contributed by atoms with E-state index in [9.17, 15) is 9.59 Å². The number of benzene rings is 2. The highest BCUT2D eigenvalue weighted by Gasteiger charge is 2.30. The first-order valence-corrected chi connectivity index (χ1v) is 7.88. The summed E-state index contributed by atoms with van der Waals surface area (Å²) in [6, 6.07) is 13.6. The molecule has 1 aliphatic heterocycles. The number of carbonyl (C=O) groups excluding carboxylic acids is 2. The van der Waals surface area contributed by atoms with Crippen LogP contribution in [-0.4, -0.2) is 17.9 Å². The number of nitrogens with two attached hydrogens (primary N) is 1. The lowest BCUT2D eigenvalue weighted by atomic mass is 10.0. The van der Waals surface area contributed by atoms with Crippen LogP contribution in [-0.2, 0) is 4.79 Å². The highest BCUT2D eigenvalue weighted by atomic mass is 35.5. The van der Waals surface area contributed by atoms with E-state index in [-0.39, 0.29) is 18.0 Å². The van der Waals surface area contributed by atoms with Gasteiger partial charge in [0.05, 0.1) is 0 Å². The van der Waals surface area contributed by atoms with Crippen molar-refractivity contribution in [2.24, 2.45) is 5.73 Å². The van der Waals surface area contributed by atoms with Gasteiger partial charge >= 0.3 is 0 Å². The van der Waals surface area contributed by atoms with Crippen LogP contribution in [0.4, 0.5) is 5.69 Å². The zero-order valence-electron chi connectivity index (χ0n) is 12.8. The monoisotopic (exact) mass is 344 g/mol. The van der Waals surface area contributed by atoms with E-state index in [2.05, 4.69) is 16.2 Å². The summed E-state index contributed by atoms with van der Waals surface area (Å²) in [6.45, 7) is 0. The summed E-state index contributed by atoms with van der Waals surface area (Å²) in [5.41, 5.74) is 13.3. The number of rotatable bonds is 4. The first kappa shape index (κ1) is 16.4. The van der Waals surface area contributed by atoms with Gasteiger partial charge in [0.2, 0.25) is 11.8 Å². The molecule has 0 spiro atoms. The first-order valence-electron chi connectivity index (χ1n) is 7.50. The average molecular weight is 345 g/mol. The second-order valence-electron chi connectivity index (χ2n) is 5.62. The predicted octanol–water partition coefficient (Wildman–Crippen LogP) is 1.99. The molecule has 0 radical (unpaired) electrons. The Balaban J connectivity index is 1.61. The minimum absolute atomic E-state index is 0.0108. The van der Waals surface area contributed by atoms with Gasteiger partial charge in [-0.15, -0.1) is 0 Å². The number of hydrazine groups is 1. The summed E-state index contributed by atoms with van der Waals surface area (Å²) in [6.07, 6.45) is 0.603. The van der Waals surface area contributed by atoms with Crippen LogP contribution in [0.1, 0.15) is 28.4 Å². The lowest BCUT2D eigenvalue weighted by Gasteiger charge is -2.11. The van der Waals surface area contributed by atoms with Gasteiger partial charge in [0.25, 0.3) is 0 Å². The van der Waals surface area contributed by atoms with Gasteiger partial charge in [-0.1, -0.05) is 23.7 Å². The van der Waals surface area contributed by atoms with E-state index in [0.717, 1.165) is 5.56 Å². The van der Waals surface area contributed by atoms with Crippen molar-refractivity contribution >= 4 is 29.1 Å². The molecule has 124 valence electrons. The molecular formula is C17H17ClN4O2. The van der Waals surface area contributed by atoms with Crippen LogP contribution < -0.4 is 21.9 Å². The molecule has 0 aromatic heterocycles. The van der Waals surface area contributed by atoms with E-state index in [1.54, 1.807) is 24.3 Å². The van der Waals surface area contributed by atoms with Crippen LogP contribution in [0.15, 0.2) is 48.5 Å². The molecule has 0 saturated carbocycles. The normalized spacial score (nSPS) is 19.9. The van der Waals surface area contributed by atoms with Crippen molar-refractivity contribution in [3.8, 4) is 0 Å². The van der Waals surface area contributed by atoms with Gasteiger partial charge in [0.15, 0.2) is 0 Å². The molecule has 2 aromatic carbocycles. The molecular weight excluding hydrogens is 328 g/mol. The lowest BCUT2D eigenvalue weighted by Crippen LogP contribution is -2.39. The Morgan fingerprint density at radius 2 is 1.88 bits per heavy atom. The highest BCUT2D eigenvalue weighted by Crippen LogP contribution is 2.25. The summed E-state index contributed by atoms with van der Waals surface area (Å²) in [5.74, 6) is -0.655. The van der Waals surface area contributed by atoms with Crippen molar-refractivity contribution in [1.29, 1.82) is 0 Å². The van der Waals surface area contributed by atoms with Crippen molar-refractivity contribution in [1.82, 2.24) is 10.9 Å². The molecule has 3 rings (SSSR count). The summed E-state index contributed by atoms with van der Waals surface area (Å²) in [4.78, 5) is 23.4. The van der Waals surface area contributed by atoms with Gasteiger partial charge in [-0.2, -0.15) is 0 Å². The van der Waals surface area contributed by atoms with Gasteiger partial charge < -0.3 is 11.1 Å². The second kappa shape index (κ2) is 7.00. The number of carbonyl (C=O) groups is 2. The Hall–Kier alpha value is -2.41. The molecule has 6 nitrogen and oxygen atoms in total. The number of primary amides is 1. The fraction of sp³-hybridized carbons (Fsp3) is 0.176. The van der Waals surface area contributed by atoms with E-state index in [0.29, 0.717) is 22.7 Å². The van der Waals surface area contributed by atoms with Crippen LogP contribution in [0.3, 0.4) is 0 Å². The van der Waals surface area contributed by atoms with E-state index < -0.39 is 5.91 Å². The largest absolute Gasteiger partial charge is 0.366 e. The SMILES string of the molecule is NC(=O)c1ccc(NC(=O)C2CC(c3cccc(Cl)c3)NN2)cc1. The van der Waals surface area contributed by atoms with Gasteiger partial charge in [-0.05, 0) is 48.4 Å². The maximum atomic E-state index is 12.3. The number of hydrogen-bond donors (Lipinski definition) is 4. The fourth-order valence-corrected chi connectivity index (χ4v) is 2.82. The van der Waals surface area contributed by atoms with Crippen LogP contribution in [0.2, 0.25) is 5.02 Å². The summed E-state index contributed by atoms with van der Waals surface area (Å²) in [7, 11) is 0. The molecule has 2 aromatic rings. The maximum absolute atomic E-state index is 12.3. The summed E-state index contributed by atoms with van der Waals surface area (Å²) in [5, 5.41) is 3.48. The number of amides is 2. The maximum Gasteiger partial charge on any atom is 0.248 e. The zero-order chi connectivity index (χ0) is 17.1. The molecule has 24 heavy (non-hydrogen) atoms. The third kappa shape index (κ3) is 3.73. The Labute approximate surface area is 144 Å². The fourth-order valence-electron chi connectivity index (χ4n) is 2.62. The molecule has 1 heterocycles. The predicted molar refractivity (Wildman–Crippen MR) is 92.5 cm³/mol. The molecule has 2 unspecified atom stereocenters. The van der Waals surface area contributed by atoms with Gasteiger partial charge in [-0.25, -0.2) is 10.9 Å². The third-order valence-corrected chi connectivity index (χ3v) is 4.14. The Bertz CT molecular complexity index is 763. The van der Waals surface area contributed by atoms with Crippen LogP contribution in [0.5, 0.6) is 0 Å². The topological polar surface area (TPSA) is 96.2 Å². The highest BCUT2D eigenvalue weighted by molar-refractivity contribution is 6.30. The van der Waals surface area contributed by atoms with Crippen LogP contribution in [0, 0.1) is 0 Å². The molecule has 7 heteroatoms. The molecule has 2 atom stereocenters. The van der Waals surface area contributed by atoms with E-state index in [1.807, 2.05) is 24.3 Å². The number of halogens is 1. The smallest absolute Gasteiger partial charge is 0.248 e. The second-order valence-corrected chi connectivity index (χ2v) is 6.05. The third-order valence-electron chi connectivity index (χ3n) is 3.91. The summed E-state index contributed by atoms with van der Waals surface area (Å²) >= 11 is 6.00. The zero-order valence-corrected chi connectivity index (χ0v) is 13.5. The Morgan fingerprint density at radius 1 is 1.12 bits per heavy atom. The molecule has 2 amide bonds. The number of hydrogen-bond acceptors (Lipinski definition) is 4.